The molecule has 0 atom stereocenters. The summed E-state index contributed by atoms with van der Waals surface area (Å²) in [5.41, 5.74) is 2.21. The summed E-state index contributed by atoms with van der Waals surface area (Å²) in [6.45, 7) is 1.74. The van der Waals surface area contributed by atoms with Gasteiger partial charge >= 0.3 is 11.9 Å². The lowest BCUT2D eigenvalue weighted by atomic mass is 10.2. The van der Waals surface area contributed by atoms with Crippen LogP contribution in [0.1, 0.15) is 62.5 Å². The maximum absolute atomic E-state index is 11.9. The van der Waals surface area contributed by atoms with Gasteiger partial charge in [0.2, 0.25) is 11.8 Å². The van der Waals surface area contributed by atoms with Crippen LogP contribution in [0.2, 0.25) is 0 Å². The number of ether oxygens (including phenoxy) is 2. The molecule has 0 unspecified atom stereocenters. The first-order valence-electron chi connectivity index (χ1n) is 13.5. The Bertz CT molecular complexity index is 886. The van der Waals surface area contributed by atoms with Crippen LogP contribution in [0.5, 0.6) is 0 Å². The maximum atomic E-state index is 11.9. The molecule has 2 aromatic carbocycles. The smallest absolute Gasteiger partial charge is 0.306 e. The molecule has 0 heterocycles. The van der Waals surface area contributed by atoms with E-state index in [1.807, 2.05) is 60.7 Å². The number of rotatable bonds is 19. The first kappa shape index (κ1) is 30.5. The van der Waals surface area contributed by atoms with Gasteiger partial charge in [-0.25, -0.2) is 0 Å². The Morgan fingerprint density at radius 1 is 0.526 bits per heavy atom. The molecule has 0 aliphatic rings. The van der Waals surface area contributed by atoms with Crippen LogP contribution < -0.4 is 10.6 Å². The van der Waals surface area contributed by atoms with Gasteiger partial charge in [0.05, 0.1) is 26.1 Å². The zero-order chi connectivity index (χ0) is 27.3. The van der Waals surface area contributed by atoms with E-state index in [9.17, 15) is 19.2 Å². The molecular formula is C30H40N2O6. The molecule has 0 aliphatic heterocycles. The Kier molecular flexibility index (Phi) is 15.6. The minimum atomic E-state index is -0.363. The van der Waals surface area contributed by atoms with Gasteiger partial charge in [-0.15, -0.1) is 0 Å². The fourth-order valence-electron chi connectivity index (χ4n) is 3.67. The molecule has 0 aliphatic carbocycles. The number of hydrogen-bond donors (Lipinski definition) is 2. The number of hydrogen-bond acceptors (Lipinski definition) is 6. The van der Waals surface area contributed by atoms with Crippen LogP contribution in [-0.4, -0.2) is 50.1 Å². The van der Waals surface area contributed by atoms with E-state index >= 15 is 0 Å². The number of nitrogens with one attached hydrogen (secondary N) is 2. The van der Waals surface area contributed by atoms with Crippen LogP contribution in [0.25, 0.3) is 0 Å². The monoisotopic (exact) mass is 524 g/mol. The fourth-order valence-corrected chi connectivity index (χ4v) is 3.67. The standard InChI is InChI=1S/C30H40N2O6/c33-27(15-17-29(35)37-23-19-25-11-5-3-6-12-25)31-21-9-1-2-10-22-32-28(34)16-18-30(36)38-24-20-26-13-7-4-8-14-26/h3-8,11-14H,1-2,9-10,15-24H2,(H,31,33)(H,32,34). The molecule has 0 fully saturated rings. The van der Waals surface area contributed by atoms with Crippen molar-refractivity contribution >= 4 is 23.8 Å². The summed E-state index contributed by atoms with van der Waals surface area (Å²) in [6, 6.07) is 19.6. The van der Waals surface area contributed by atoms with E-state index in [2.05, 4.69) is 10.6 Å². The van der Waals surface area contributed by atoms with Crippen molar-refractivity contribution in [2.75, 3.05) is 26.3 Å². The molecule has 0 saturated carbocycles. The van der Waals surface area contributed by atoms with Crippen molar-refractivity contribution in [3.63, 3.8) is 0 Å². The number of carbonyl (C=O) groups excluding carboxylic acids is 4. The predicted molar refractivity (Wildman–Crippen MR) is 145 cm³/mol. The van der Waals surface area contributed by atoms with Crippen LogP contribution in [-0.2, 0) is 41.5 Å². The number of benzene rings is 2. The van der Waals surface area contributed by atoms with Crippen molar-refractivity contribution in [1.29, 1.82) is 0 Å². The molecular weight excluding hydrogens is 484 g/mol. The molecule has 0 aromatic heterocycles. The first-order chi connectivity index (χ1) is 18.5. The van der Waals surface area contributed by atoms with Gasteiger partial charge in [0.15, 0.2) is 0 Å². The molecule has 2 amide bonds. The van der Waals surface area contributed by atoms with Crippen molar-refractivity contribution in [3.05, 3.63) is 71.8 Å². The van der Waals surface area contributed by atoms with Gasteiger partial charge in [-0.1, -0.05) is 73.5 Å². The molecule has 206 valence electrons. The number of amides is 2. The largest absolute Gasteiger partial charge is 0.465 e. The molecule has 2 rings (SSSR count). The lowest BCUT2D eigenvalue weighted by Gasteiger charge is -2.07. The average Bonchev–Trinajstić information content (AvgIpc) is 2.93. The molecule has 8 heteroatoms. The fraction of sp³-hybridized carbons (Fsp3) is 0.467. The minimum Gasteiger partial charge on any atom is -0.465 e. The second-order valence-electron chi connectivity index (χ2n) is 9.03. The lowest BCUT2D eigenvalue weighted by Crippen LogP contribution is -2.26. The van der Waals surface area contributed by atoms with Gasteiger partial charge < -0.3 is 20.1 Å². The third kappa shape index (κ3) is 15.4. The lowest BCUT2D eigenvalue weighted by molar-refractivity contribution is -0.145. The number of esters is 2. The first-order valence-corrected chi connectivity index (χ1v) is 13.5. The third-order valence-electron chi connectivity index (χ3n) is 5.85. The van der Waals surface area contributed by atoms with E-state index in [0.717, 1.165) is 36.8 Å². The molecule has 38 heavy (non-hydrogen) atoms. The Balaban J connectivity index is 1.35. The van der Waals surface area contributed by atoms with Crippen LogP contribution in [0.3, 0.4) is 0 Å². The maximum Gasteiger partial charge on any atom is 0.306 e. The van der Waals surface area contributed by atoms with Gasteiger partial charge in [0, 0.05) is 38.8 Å². The topological polar surface area (TPSA) is 111 Å². The van der Waals surface area contributed by atoms with E-state index in [-0.39, 0.29) is 49.4 Å². The van der Waals surface area contributed by atoms with E-state index in [0.29, 0.717) is 39.1 Å². The summed E-state index contributed by atoms with van der Waals surface area (Å²) in [5.74, 6) is -1.04. The third-order valence-corrected chi connectivity index (χ3v) is 5.85. The molecule has 0 bridgehead atoms. The normalized spacial score (nSPS) is 10.4. The minimum absolute atomic E-state index is 0.0751. The Morgan fingerprint density at radius 2 is 0.921 bits per heavy atom. The quantitative estimate of drug-likeness (QED) is 0.213. The number of carbonyl (C=O) groups is 4. The van der Waals surface area contributed by atoms with Crippen LogP contribution in [0.15, 0.2) is 60.7 Å². The zero-order valence-electron chi connectivity index (χ0n) is 22.1. The molecule has 2 aromatic rings. The summed E-state index contributed by atoms with van der Waals surface area (Å²) in [7, 11) is 0. The highest BCUT2D eigenvalue weighted by Crippen LogP contribution is 2.03. The molecule has 0 spiro atoms. The van der Waals surface area contributed by atoms with Crippen molar-refractivity contribution < 1.29 is 28.7 Å². The van der Waals surface area contributed by atoms with Crippen molar-refractivity contribution in [3.8, 4) is 0 Å². The van der Waals surface area contributed by atoms with Gasteiger partial charge in [0.25, 0.3) is 0 Å². The molecule has 0 radical (unpaired) electrons. The molecule has 8 nitrogen and oxygen atoms in total. The molecule has 2 N–H and O–H groups in total. The van der Waals surface area contributed by atoms with Gasteiger partial charge in [-0.05, 0) is 24.0 Å². The SMILES string of the molecule is O=C(CCC(=O)OCCc1ccccc1)NCCCCCCNC(=O)CCC(=O)OCCc1ccccc1. The second-order valence-corrected chi connectivity index (χ2v) is 9.03. The van der Waals surface area contributed by atoms with Gasteiger partial charge in [-0.2, -0.15) is 0 Å². The van der Waals surface area contributed by atoms with E-state index in [1.54, 1.807) is 0 Å². The van der Waals surface area contributed by atoms with Crippen molar-refractivity contribution in [2.45, 2.75) is 64.2 Å². The Hall–Kier alpha value is -3.68. The second kappa shape index (κ2) is 19.4. The summed E-state index contributed by atoms with van der Waals surface area (Å²) in [5, 5.41) is 5.64. The van der Waals surface area contributed by atoms with Crippen LogP contribution in [0, 0.1) is 0 Å². The van der Waals surface area contributed by atoms with Gasteiger partial charge in [-0.3, -0.25) is 19.2 Å². The van der Waals surface area contributed by atoms with E-state index < -0.39 is 0 Å². The summed E-state index contributed by atoms with van der Waals surface area (Å²) >= 11 is 0. The zero-order valence-corrected chi connectivity index (χ0v) is 22.1. The highest BCUT2D eigenvalue weighted by atomic mass is 16.5. The summed E-state index contributed by atoms with van der Waals surface area (Å²) < 4.78 is 10.4. The average molecular weight is 525 g/mol. The predicted octanol–water partition coefficient (Wildman–Crippen LogP) is 3.91. The van der Waals surface area contributed by atoms with E-state index in [1.165, 1.54) is 0 Å². The number of unbranched alkanes of at least 4 members (excludes halogenated alkanes) is 3. The van der Waals surface area contributed by atoms with Crippen LogP contribution in [0.4, 0.5) is 0 Å². The van der Waals surface area contributed by atoms with E-state index in [4.69, 9.17) is 9.47 Å². The Labute approximate surface area is 225 Å². The summed E-state index contributed by atoms with van der Waals surface area (Å²) in [4.78, 5) is 47.3. The Morgan fingerprint density at radius 3 is 1.32 bits per heavy atom. The van der Waals surface area contributed by atoms with Crippen LogP contribution >= 0.6 is 0 Å². The van der Waals surface area contributed by atoms with Crippen molar-refractivity contribution in [1.82, 2.24) is 10.6 Å². The highest BCUT2D eigenvalue weighted by molar-refractivity contribution is 5.81. The molecule has 0 saturated heterocycles. The van der Waals surface area contributed by atoms with Crippen molar-refractivity contribution in [2.24, 2.45) is 0 Å². The highest BCUT2D eigenvalue weighted by Gasteiger charge is 2.09. The summed E-state index contributed by atoms with van der Waals surface area (Å²) in [6.07, 6.45) is 5.22. The van der Waals surface area contributed by atoms with Gasteiger partial charge in [0.1, 0.15) is 0 Å².